The van der Waals surface area contributed by atoms with Crippen molar-refractivity contribution in [2.75, 3.05) is 5.75 Å². The number of hydrogen-bond donors (Lipinski definition) is 0. The van der Waals surface area contributed by atoms with Crippen molar-refractivity contribution < 1.29 is 4.79 Å². The quantitative estimate of drug-likeness (QED) is 0.586. The van der Waals surface area contributed by atoms with Crippen LogP contribution in [0.4, 0.5) is 0 Å². The summed E-state index contributed by atoms with van der Waals surface area (Å²) in [7, 11) is 0. The third kappa shape index (κ3) is 3.85. The minimum atomic E-state index is 0.136. The first-order valence-corrected chi connectivity index (χ1v) is 7.41. The molecule has 0 heterocycles. The van der Waals surface area contributed by atoms with Crippen molar-refractivity contribution in [1.82, 2.24) is 0 Å². The number of rotatable bonds is 4. The molecule has 3 heteroatoms. The van der Waals surface area contributed by atoms with Gasteiger partial charge in [0, 0.05) is 10.5 Å². The molecule has 0 fully saturated rings. The normalized spacial score (nSPS) is 10.5. The molecule has 0 bridgehead atoms. The van der Waals surface area contributed by atoms with E-state index in [1.807, 2.05) is 50.2 Å². The highest BCUT2D eigenvalue weighted by atomic mass is 35.5. The highest BCUT2D eigenvalue weighted by Gasteiger charge is 2.09. The Morgan fingerprint density at radius 1 is 1.11 bits per heavy atom. The molecule has 0 saturated carbocycles. The van der Waals surface area contributed by atoms with Crippen molar-refractivity contribution in [3.8, 4) is 0 Å². The topological polar surface area (TPSA) is 17.1 Å². The Labute approximate surface area is 123 Å². The van der Waals surface area contributed by atoms with Crippen LogP contribution in [0.1, 0.15) is 21.5 Å². The SMILES string of the molecule is Cc1cc(C)cc(C(=O)CSc2ccccc2Cl)c1. The van der Waals surface area contributed by atoms with Crippen molar-refractivity contribution in [3.63, 3.8) is 0 Å². The van der Waals surface area contributed by atoms with E-state index in [4.69, 9.17) is 11.6 Å². The van der Waals surface area contributed by atoms with Crippen molar-refractivity contribution in [2.45, 2.75) is 18.7 Å². The third-order valence-corrected chi connectivity index (χ3v) is 4.25. The number of carbonyl (C=O) groups is 1. The second-order valence-corrected chi connectivity index (χ2v) is 5.94. The molecule has 0 aromatic heterocycles. The zero-order chi connectivity index (χ0) is 13.8. The summed E-state index contributed by atoms with van der Waals surface area (Å²) in [5.41, 5.74) is 3.01. The van der Waals surface area contributed by atoms with Crippen LogP contribution in [-0.4, -0.2) is 11.5 Å². The molecule has 0 amide bonds. The molecular formula is C16H15ClOS. The Morgan fingerprint density at radius 3 is 2.37 bits per heavy atom. The van der Waals surface area contributed by atoms with Crippen molar-refractivity contribution in [2.24, 2.45) is 0 Å². The van der Waals surface area contributed by atoms with Gasteiger partial charge in [0.2, 0.25) is 0 Å². The number of aryl methyl sites for hydroxylation is 2. The number of thioether (sulfide) groups is 1. The van der Waals surface area contributed by atoms with E-state index in [0.29, 0.717) is 10.8 Å². The van der Waals surface area contributed by atoms with Crippen molar-refractivity contribution >= 4 is 29.1 Å². The monoisotopic (exact) mass is 290 g/mol. The van der Waals surface area contributed by atoms with Gasteiger partial charge in [-0.15, -0.1) is 11.8 Å². The van der Waals surface area contributed by atoms with E-state index in [1.165, 1.54) is 11.8 Å². The summed E-state index contributed by atoms with van der Waals surface area (Å²) in [5, 5.41) is 0.695. The van der Waals surface area contributed by atoms with Gasteiger partial charge in [0.05, 0.1) is 10.8 Å². The molecule has 0 aliphatic rings. The highest BCUT2D eigenvalue weighted by Crippen LogP contribution is 2.27. The molecule has 0 spiro atoms. The van der Waals surface area contributed by atoms with Crippen LogP contribution < -0.4 is 0 Å². The molecule has 19 heavy (non-hydrogen) atoms. The van der Waals surface area contributed by atoms with Crippen LogP contribution in [0.3, 0.4) is 0 Å². The van der Waals surface area contributed by atoms with E-state index in [2.05, 4.69) is 6.07 Å². The number of hydrogen-bond acceptors (Lipinski definition) is 2. The number of ketones is 1. The predicted molar refractivity (Wildman–Crippen MR) is 82.4 cm³/mol. The lowest BCUT2D eigenvalue weighted by Crippen LogP contribution is -2.03. The molecule has 0 aliphatic carbocycles. The summed E-state index contributed by atoms with van der Waals surface area (Å²) >= 11 is 7.55. The van der Waals surface area contributed by atoms with Crippen molar-refractivity contribution in [3.05, 3.63) is 64.2 Å². The molecule has 2 aromatic rings. The maximum absolute atomic E-state index is 12.2. The van der Waals surface area contributed by atoms with Crippen molar-refractivity contribution in [1.29, 1.82) is 0 Å². The van der Waals surface area contributed by atoms with Gasteiger partial charge in [-0.1, -0.05) is 40.9 Å². The Bertz CT molecular complexity index is 587. The van der Waals surface area contributed by atoms with Crippen LogP contribution in [0.2, 0.25) is 5.02 Å². The molecular weight excluding hydrogens is 276 g/mol. The summed E-state index contributed by atoms with van der Waals surface area (Å²) < 4.78 is 0. The molecule has 0 unspecified atom stereocenters. The first kappa shape index (κ1) is 14.2. The molecule has 0 atom stereocenters. The van der Waals surface area contributed by atoms with Crippen LogP contribution in [0.25, 0.3) is 0 Å². The molecule has 1 nitrogen and oxygen atoms in total. The largest absolute Gasteiger partial charge is 0.293 e. The van der Waals surface area contributed by atoms with E-state index >= 15 is 0 Å². The lowest BCUT2D eigenvalue weighted by Gasteiger charge is -2.05. The number of carbonyl (C=O) groups excluding carboxylic acids is 1. The fraction of sp³-hybridized carbons (Fsp3) is 0.188. The Morgan fingerprint density at radius 2 is 1.74 bits per heavy atom. The van der Waals surface area contributed by atoms with Gasteiger partial charge in [0.1, 0.15) is 0 Å². The smallest absolute Gasteiger partial charge is 0.173 e. The highest BCUT2D eigenvalue weighted by molar-refractivity contribution is 8.00. The summed E-state index contributed by atoms with van der Waals surface area (Å²) in [5.74, 6) is 0.545. The van der Waals surface area contributed by atoms with Gasteiger partial charge in [-0.2, -0.15) is 0 Å². The molecule has 0 saturated heterocycles. The second kappa shape index (κ2) is 6.27. The van der Waals surface area contributed by atoms with Gasteiger partial charge >= 0.3 is 0 Å². The van der Waals surface area contributed by atoms with E-state index in [9.17, 15) is 4.79 Å². The number of halogens is 1. The molecule has 0 aliphatic heterocycles. The first-order valence-electron chi connectivity index (χ1n) is 6.05. The summed E-state index contributed by atoms with van der Waals surface area (Å²) in [6, 6.07) is 13.5. The van der Waals surface area contributed by atoms with E-state index in [-0.39, 0.29) is 5.78 Å². The van der Waals surface area contributed by atoms with Crippen LogP contribution in [0, 0.1) is 13.8 Å². The molecule has 2 aromatic carbocycles. The molecule has 0 radical (unpaired) electrons. The predicted octanol–water partition coefficient (Wildman–Crippen LogP) is 4.93. The fourth-order valence-corrected chi connectivity index (χ4v) is 3.06. The zero-order valence-electron chi connectivity index (χ0n) is 10.9. The van der Waals surface area contributed by atoms with Gasteiger partial charge in [0.15, 0.2) is 5.78 Å². The van der Waals surface area contributed by atoms with Gasteiger partial charge in [0.25, 0.3) is 0 Å². The first-order chi connectivity index (χ1) is 9.06. The maximum atomic E-state index is 12.2. The average Bonchev–Trinajstić information content (AvgIpc) is 2.36. The van der Waals surface area contributed by atoms with Crippen LogP contribution in [0.15, 0.2) is 47.4 Å². The zero-order valence-corrected chi connectivity index (χ0v) is 12.5. The number of Topliss-reactive ketones (excluding diaryl/α,β-unsaturated/α-hetero) is 1. The van der Waals surface area contributed by atoms with Gasteiger partial charge in [-0.25, -0.2) is 0 Å². The standard InChI is InChI=1S/C16H15ClOS/c1-11-7-12(2)9-13(8-11)15(18)10-19-16-6-4-3-5-14(16)17/h3-9H,10H2,1-2H3. The minimum absolute atomic E-state index is 0.136. The van der Waals surface area contributed by atoms with Gasteiger partial charge in [-0.3, -0.25) is 4.79 Å². The Hall–Kier alpha value is -1.25. The maximum Gasteiger partial charge on any atom is 0.173 e. The van der Waals surface area contributed by atoms with E-state index in [0.717, 1.165) is 21.6 Å². The molecule has 98 valence electrons. The summed E-state index contributed by atoms with van der Waals surface area (Å²) in [6.07, 6.45) is 0. The summed E-state index contributed by atoms with van der Waals surface area (Å²) in [4.78, 5) is 13.1. The van der Waals surface area contributed by atoms with E-state index < -0.39 is 0 Å². The van der Waals surface area contributed by atoms with Gasteiger partial charge in [-0.05, 0) is 38.1 Å². The Kier molecular flexibility index (Phi) is 4.67. The Balaban J connectivity index is 2.08. The fourth-order valence-electron chi connectivity index (χ4n) is 1.92. The van der Waals surface area contributed by atoms with Gasteiger partial charge < -0.3 is 0 Å². The lowest BCUT2D eigenvalue weighted by atomic mass is 10.1. The average molecular weight is 291 g/mol. The second-order valence-electron chi connectivity index (χ2n) is 4.52. The third-order valence-electron chi connectivity index (χ3n) is 2.74. The molecule has 2 rings (SSSR count). The molecule has 0 N–H and O–H groups in total. The minimum Gasteiger partial charge on any atom is -0.293 e. The van der Waals surface area contributed by atoms with Crippen LogP contribution in [0.5, 0.6) is 0 Å². The van der Waals surface area contributed by atoms with Crippen LogP contribution >= 0.6 is 23.4 Å². The van der Waals surface area contributed by atoms with E-state index in [1.54, 1.807) is 0 Å². The summed E-state index contributed by atoms with van der Waals surface area (Å²) in [6.45, 7) is 4.01. The van der Waals surface area contributed by atoms with Crippen LogP contribution in [-0.2, 0) is 0 Å². The number of benzene rings is 2. The lowest BCUT2D eigenvalue weighted by molar-refractivity contribution is 0.102.